The highest BCUT2D eigenvalue weighted by molar-refractivity contribution is 9.10. The number of aromatic amines is 3. The lowest BCUT2D eigenvalue weighted by Gasteiger charge is -2.19. The molecule has 1 fully saturated rings. The third-order valence-corrected chi connectivity index (χ3v) is 12.6. The van der Waals surface area contributed by atoms with Gasteiger partial charge in [0.05, 0.1) is 56.8 Å². The molecule has 1 aliphatic heterocycles. The number of esters is 4. The molecule has 0 radical (unpaired) electrons. The minimum atomic E-state index is -0.610. The van der Waals surface area contributed by atoms with E-state index in [0.717, 1.165) is 26.5 Å². The van der Waals surface area contributed by atoms with Crippen molar-refractivity contribution in [3.63, 3.8) is 0 Å². The molecule has 0 bridgehead atoms. The van der Waals surface area contributed by atoms with E-state index in [4.69, 9.17) is 18.9 Å². The van der Waals surface area contributed by atoms with Gasteiger partial charge in [0.1, 0.15) is 57.7 Å². The van der Waals surface area contributed by atoms with Crippen LogP contribution in [0.25, 0.3) is 33.1 Å². The molecule has 7 heterocycles. The Hall–Kier alpha value is -8.32. The summed E-state index contributed by atoms with van der Waals surface area (Å²) in [5, 5.41) is 5.84. The van der Waals surface area contributed by atoms with Crippen LogP contribution in [0, 0.1) is 0 Å². The molecule has 1 aliphatic rings. The first kappa shape index (κ1) is 55.4. The second kappa shape index (κ2) is 24.8. The van der Waals surface area contributed by atoms with Gasteiger partial charge in [0.2, 0.25) is 5.91 Å². The van der Waals surface area contributed by atoms with Crippen LogP contribution in [-0.2, 0) is 33.3 Å². The van der Waals surface area contributed by atoms with Gasteiger partial charge in [0, 0.05) is 40.6 Å². The first-order valence-electron chi connectivity index (χ1n) is 23.4. The number of fused-ring (bicyclic) bond motifs is 3. The zero-order valence-electron chi connectivity index (χ0n) is 42.2. The summed E-state index contributed by atoms with van der Waals surface area (Å²) in [6.45, 7) is 8.50. The van der Waals surface area contributed by atoms with Gasteiger partial charge in [-0.2, -0.15) is 0 Å². The summed E-state index contributed by atoms with van der Waals surface area (Å²) in [6, 6.07) is 15.4. The van der Waals surface area contributed by atoms with Crippen LogP contribution in [0.5, 0.6) is 0 Å². The summed E-state index contributed by atoms with van der Waals surface area (Å²) >= 11 is 6.82. The molecule has 5 N–H and O–H groups in total. The molecule has 0 spiro atoms. The fourth-order valence-electron chi connectivity index (χ4n) is 8.04. The summed E-state index contributed by atoms with van der Waals surface area (Å²) in [6.07, 6.45) is 9.40. The van der Waals surface area contributed by atoms with Crippen molar-refractivity contribution in [3.05, 3.63) is 123 Å². The zero-order valence-corrected chi connectivity index (χ0v) is 45.3. The number of aromatic nitrogens is 9. The lowest BCUT2D eigenvalue weighted by molar-refractivity contribution is -0.145. The average Bonchev–Trinajstić information content (AvgIpc) is 4.23. The molecule has 0 aliphatic carbocycles. The van der Waals surface area contributed by atoms with Gasteiger partial charge in [-0.25, -0.2) is 49.1 Å². The Bertz CT molecular complexity index is 3390. The first-order valence-corrected chi connectivity index (χ1v) is 25.0. The first-order chi connectivity index (χ1) is 36.5. The highest BCUT2D eigenvalue weighted by atomic mass is 79.9. The molecular weight excluding hydrogens is 1120 g/mol. The Balaban J connectivity index is 0.000000168. The normalized spacial score (nSPS) is 13.5. The SMILES string of the molecule is CCOC(=O)C(CCNc1c[nH]c2c(C(=O)OC)ncnc12)c1ccc(Br)cc1.COC(=O)c1ncnc2c(N3CCC(c4ccc(Br)cc4)C3=O)c[nH]c12.COC(=O)c1ncnc2c(NC(=O)OC(C)(C)C)c[nH]c12. The smallest absolute Gasteiger partial charge is 0.412 e. The summed E-state index contributed by atoms with van der Waals surface area (Å²) in [7, 11) is 3.86. The highest BCUT2D eigenvalue weighted by Gasteiger charge is 2.35. The Morgan fingerprint density at radius 3 is 1.71 bits per heavy atom. The van der Waals surface area contributed by atoms with Crippen LogP contribution in [-0.4, -0.2) is 127 Å². The van der Waals surface area contributed by atoms with E-state index in [1.807, 2.05) is 48.5 Å². The van der Waals surface area contributed by atoms with E-state index in [0.29, 0.717) is 76.3 Å². The standard InChI is InChI=1S/C20H21BrN4O4.C18H15BrN4O3.C13H16N4O4/c1-3-29-19(26)14(12-4-6-13(21)7-5-12)8-9-22-15-10-23-17-16(15)24-11-25-18(17)20(27)28-2;1-26-18(25)16-15-14(21-9-22-16)13(8-20-15)23-7-6-12(17(23)24)10-2-4-11(19)5-3-10;1-13(2,3)21-12(19)17-7-5-14-9-8(7)15-6-16-10(9)11(18)20-4/h4-7,10-11,14,22-23H,3,8-9H2,1-2H3;2-5,8-9,12,20H,6-7H2,1H3;5-6,14H,1-4H3,(H,17,19). The molecule has 2 amide bonds. The number of anilines is 3. The Kier molecular flexibility index (Phi) is 18.1. The van der Waals surface area contributed by atoms with Crippen LogP contribution in [0.3, 0.4) is 0 Å². The summed E-state index contributed by atoms with van der Waals surface area (Å²) in [5.41, 5.74) is 6.31. The van der Waals surface area contributed by atoms with Crippen molar-refractivity contribution in [3.8, 4) is 0 Å². The molecule has 76 heavy (non-hydrogen) atoms. The van der Waals surface area contributed by atoms with Crippen molar-refractivity contribution < 1.29 is 52.5 Å². The van der Waals surface area contributed by atoms with Gasteiger partial charge in [-0.15, -0.1) is 0 Å². The number of ether oxygens (including phenoxy) is 5. The van der Waals surface area contributed by atoms with E-state index in [9.17, 15) is 28.8 Å². The van der Waals surface area contributed by atoms with Crippen molar-refractivity contribution in [1.29, 1.82) is 0 Å². The number of methoxy groups -OCH3 is 3. The zero-order chi connectivity index (χ0) is 54.7. The van der Waals surface area contributed by atoms with Crippen LogP contribution in [0.1, 0.15) is 95.0 Å². The molecule has 25 heteroatoms. The van der Waals surface area contributed by atoms with Crippen LogP contribution in [0.4, 0.5) is 21.9 Å². The Labute approximate surface area is 450 Å². The highest BCUT2D eigenvalue weighted by Crippen LogP contribution is 2.36. The number of amides is 2. The summed E-state index contributed by atoms with van der Waals surface area (Å²) < 4.78 is 26.5. The van der Waals surface area contributed by atoms with Crippen LogP contribution in [0.2, 0.25) is 0 Å². The van der Waals surface area contributed by atoms with Crippen molar-refractivity contribution in [2.45, 2.75) is 58.0 Å². The average molecular weight is 1170 g/mol. The number of halogens is 2. The molecule has 0 saturated carbocycles. The second-order valence-electron chi connectivity index (χ2n) is 17.5. The molecule has 2 unspecified atom stereocenters. The summed E-state index contributed by atoms with van der Waals surface area (Å²) in [4.78, 5) is 107. The number of nitrogens with one attached hydrogen (secondary N) is 5. The Morgan fingerprint density at radius 1 is 0.697 bits per heavy atom. The minimum Gasteiger partial charge on any atom is -0.466 e. The van der Waals surface area contributed by atoms with Gasteiger partial charge < -0.3 is 48.9 Å². The largest absolute Gasteiger partial charge is 0.466 e. The predicted molar refractivity (Wildman–Crippen MR) is 286 cm³/mol. The molecule has 396 valence electrons. The number of H-pyrrole nitrogens is 3. The van der Waals surface area contributed by atoms with Gasteiger partial charge in [-0.3, -0.25) is 14.9 Å². The van der Waals surface area contributed by atoms with E-state index in [1.54, 1.807) is 45.0 Å². The number of carbonyl (C=O) groups is 6. The van der Waals surface area contributed by atoms with Crippen molar-refractivity contribution in [1.82, 2.24) is 44.9 Å². The van der Waals surface area contributed by atoms with Crippen molar-refractivity contribution in [2.75, 3.05) is 56.6 Å². The lowest BCUT2D eigenvalue weighted by atomic mass is 9.96. The predicted octanol–water partition coefficient (Wildman–Crippen LogP) is 8.77. The fraction of sp³-hybridized carbons (Fsp3) is 0.294. The van der Waals surface area contributed by atoms with Crippen LogP contribution < -0.4 is 15.5 Å². The topological polar surface area (TPSA) is 301 Å². The van der Waals surface area contributed by atoms with Crippen molar-refractivity contribution >= 4 is 118 Å². The maximum atomic E-state index is 13.0. The number of hydrogen-bond acceptors (Lipinski definition) is 18. The maximum absolute atomic E-state index is 13.0. The fourth-order valence-corrected chi connectivity index (χ4v) is 8.57. The van der Waals surface area contributed by atoms with E-state index in [-0.39, 0.29) is 40.8 Å². The van der Waals surface area contributed by atoms with Crippen LogP contribution >= 0.6 is 31.9 Å². The van der Waals surface area contributed by atoms with Gasteiger partial charge in [-0.1, -0.05) is 56.1 Å². The van der Waals surface area contributed by atoms with Gasteiger partial charge >= 0.3 is 30.0 Å². The Morgan fingerprint density at radius 2 is 1.18 bits per heavy atom. The molecular formula is C51H52Br2N12O11. The van der Waals surface area contributed by atoms with Crippen LogP contribution in [0.15, 0.2) is 95.0 Å². The monoisotopic (exact) mass is 1170 g/mol. The van der Waals surface area contributed by atoms with E-state index in [1.165, 1.54) is 46.5 Å². The summed E-state index contributed by atoms with van der Waals surface area (Å²) in [5.74, 6) is -2.49. The second-order valence-corrected chi connectivity index (χ2v) is 19.3. The molecule has 6 aromatic heterocycles. The number of rotatable bonds is 13. The number of benzene rings is 2. The molecule has 9 rings (SSSR count). The molecule has 2 aromatic carbocycles. The van der Waals surface area contributed by atoms with Gasteiger partial charge in [-0.05, 0) is 75.9 Å². The number of hydrogen-bond donors (Lipinski definition) is 5. The van der Waals surface area contributed by atoms with E-state index < -0.39 is 29.6 Å². The molecule has 2 atom stereocenters. The van der Waals surface area contributed by atoms with Crippen molar-refractivity contribution in [2.24, 2.45) is 0 Å². The van der Waals surface area contributed by atoms with Gasteiger partial charge in [0.25, 0.3) is 0 Å². The quantitative estimate of drug-likeness (QED) is 0.0532. The third-order valence-electron chi connectivity index (χ3n) is 11.5. The van der Waals surface area contributed by atoms with Gasteiger partial charge in [0.15, 0.2) is 17.1 Å². The molecule has 23 nitrogen and oxygen atoms in total. The maximum Gasteiger partial charge on any atom is 0.412 e. The molecule has 8 aromatic rings. The number of carbonyl (C=O) groups excluding carboxylic acids is 6. The minimum absolute atomic E-state index is 0.0199. The third kappa shape index (κ3) is 12.9. The molecule has 1 saturated heterocycles. The lowest BCUT2D eigenvalue weighted by Crippen LogP contribution is -2.27. The van der Waals surface area contributed by atoms with E-state index >= 15 is 0 Å². The van der Waals surface area contributed by atoms with E-state index in [2.05, 4.69) is 92.1 Å². The number of nitrogens with zero attached hydrogens (tertiary/aromatic N) is 7.